The summed E-state index contributed by atoms with van der Waals surface area (Å²) < 4.78 is 5.13. The fraction of sp³-hybridized carbons (Fsp3) is 1.00. The molecule has 42 valence electrons. The van der Waals surface area contributed by atoms with Crippen LogP contribution in [0.2, 0.25) is 0 Å². The number of ether oxygens (including phenoxy) is 1. The third-order valence-electron chi connectivity index (χ3n) is 1.21. The summed E-state index contributed by atoms with van der Waals surface area (Å²) in [5, 5.41) is 0. The molecular weight excluding hydrogens is 156 g/mol. The largest absolute Gasteiger partial charge is 0.369 e. The predicted octanol–water partition coefficient (Wildman–Crippen LogP) is 1.56. The van der Waals surface area contributed by atoms with Crippen LogP contribution in [0.3, 0.4) is 0 Å². The van der Waals surface area contributed by atoms with Gasteiger partial charge in [-0.15, -0.1) is 0 Å². The highest BCUT2D eigenvalue weighted by atomic mass is 79.9. The van der Waals surface area contributed by atoms with E-state index in [1.165, 1.54) is 0 Å². The zero-order chi connectivity index (χ0) is 5.44. The minimum atomic E-state index is 0.486. The molecule has 0 aliphatic carbocycles. The SMILES string of the molecule is CC(Br)C1OC1C. The first-order valence-electron chi connectivity index (χ1n) is 2.51. The average molecular weight is 165 g/mol. The van der Waals surface area contributed by atoms with Crippen LogP contribution in [-0.4, -0.2) is 17.0 Å². The molecule has 0 amide bonds. The van der Waals surface area contributed by atoms with Gasteiger partial charge in [0.25, 0.3) is 0 Å². The van der Waals surface area contributed by atoms with Gasteiger partial charge in [0.05, 0.1) is 12.2 Å². The summed E-state index contributed by atoms with van der Waals surface area (Å²) in [5.41, 5.74) is 0. The molecule has 3 unspecified atom stereocenters. The molecule has 0 aromatic rings. The summed E-state index contributed by atoms with van der Waals surface area (Å²) in [7, 11) is 0. The molecule has 1 saturated heterocycles. The molecule has 0 bridgehead atoms. The first kappa shape index (κ1) is 5.57. The average Bonchev–Trinajstić information content (AvgIpc) is 2.17. The van der Waals surface area contributed by atoms with Crippen molar-refractivity contribution in [1.82, 2.24) is 0 Å². The smallest absolute Gasteiger partial charge is 0.0960 e. The van der Waals surface area contributed by atoms with E-state index in [1.54, 1.807) is 0 Å². The highest BCUT2D eigenvalue weighted by molar-refractivity contribution is 9.09. The van der Waals surface area contributed by atoms with Crippen molar-refractivity contribution in [3.63, 3.8) is 0 Å². The molecule has 1 heterocycles. The van der Waals surface area contributed by atoms with E-state index >= 15 is 0 Å². The third kappa shape index (κ3) is 1.16. The van der Waals surface area contributed by atoms with Crippen molar-refractivity contribution in [3.8, 4) is 0 Å². The van der Waals surface area contributed by atoms with Crippen molar-refractivity contribution in [1.29, 1.82) is 0 Å². The molecule has 0 radical (unpaired) electrons. The van der Waals surface area contributed by atoms with Crippen molar-refractivity contribution in [3.05, 3.63) is 0 Å². The van der Waals surface area contributed by atoms with Crippen molar-refractivity contribution in [2.45, 2.75) is 30.9 Å². The van der Waals surface area contributed by atoms with Gasteiger partial charge in [-0.3, -0.25) is 0 Å². The fourth-order valence-electron chi connectivity index (χ4n) is 0.684. The highest BCUT2D eigenvalue weighted by Crippen LogP contribution is 2.28. The first-order chi connectivity index (χ1) is 3.22. The van der Waals surface area contributed by atoms with Crippen LogP contribution < -0.4 is 0 Å². The Hall–Kier alpha value is 0.440. The molecule has 3 atom stereocenters. The molecule has 1 aliphatic heterocycles. The number of rotatable bonds is 1. The molecular formula is C5H9BrO. The topological polar surface area (TPSA) is 12.5 Å². The Balaban J connectivity index is 2.20. The Morgan fingerprint density at radius 1 is 1.71 bits per heavy atom. The van der Waals surface area contributed by atoms with E-state index < -0.39 is 0 Å². The molecule has 1 fully saturated rings. The van der Waals surface area contributed by atoms with Gasteiger partial charge in [0.2, 0.25) is 0 Å². The summed E-state index contributed by atoms with van der Waals surface area (Å²) in [6.07, 6.45) is 0.981. The van der Waals surface area contributed by atoms with Crippen LogP contribution >= 0.6 is 15.9 Å². The molecule has 2 heteroatoms. The van der Waals surface area contributed by atoms with E-state index in [2.05, 4.69) is 29.8 Å². The molecule has 0 N–H and O–H groups in total. The maximum absolute atomic E-state index is 5.13. The molecule has 0 aromatic heterocycles. The molecule has 0 aromatic carbocycles. The molecule has 1 nitrogen and oxygen atoms in total. The molecule has 1 rings (SSSR count). The van der Waals surface area contributed by atoms with E-state index in [0.29, 0.717) is 17.0 Å². The Kier molecular flexibility index (Phi) is 1.39. The number of hydrogen-bond donors (Lipinski definition) is 0. The normalized spacial score (nSPS) is 43.3. The predicted molar refractivity (Wildman–Crippen MR) is 32.7 cm³/mol. The molecule has 1 aliphatic rings. The maximum Gasteiger partial charge on any atom is 0.0960 e. The van der Waals surface area contributed by atoms with E-state index in [-0.39, 0.29) is 0 Å². The van der Waals surface area contributed by atoms with Gasteiger partial charge in [-0.05, 0) is 6.92 Å². The fourth-order valence-corrected chi connectivity index (χ4v) is 1.24. The molecule has 0 spiro atoms. The molecule has 0 saturated carbocycles. The van der Waals surface area contributed by atoms with E-state index in [9.17, 15) is 0 Å². The zero-order valence-corrected chi connectivity index (χ0v) is 6.10. The number of hydrogen-bond acceptors (Lipinski definition) is 1. The lowest BCUT2D eigenvalue weighted by Gasteiger charge is -1.90. The second-order valence-electron chi connectivity index (χ2n) is 1.98. The van der Waals surface area contributed by atoms with Gasteiger partial charge in [0.1, 0.15) is 0 Å². The van der Waals surface area contributed by atoms with Crippen LogP contribution in [0.15, 0.2) is 0 Å². The Morgan fingerprint density at radius 3 is 2.14 bits per heavy atom. The van der Waals surface area contributed by atoms with Gasteiger partial charge < -0.3 is 4.74 Å². The highest BCUT2D eigenvalue weighted by Gasteiger charge is 2.37. The van der Waals surface area contributed by atoms with Crippen LogP contribution in [0.1, 0.15) is 13.8 Å². The van der Waals surface area contributed by atoms with Gasteiger partial charge in [0, 0.05) is 4.83 Å². The van der Waals surface area contributed by atoms with E-state index in [0.717, 1.165) is 0 Å². The summed E-state index contributed by atoms with van der Waals surface area (Å²) in [5.74, 6) is 0. The Labute approximate surface area is 52.2 Å². The third-order valence-corrected chi connectivity index (χ3v) is 1.73. The monoisotopic (exact) mass is 164 g/mol. The van der Waals surface area contributed by atoms with Crippen LogP contribution in [0, 0.1) is 0 Å². The second-order valence-corrected chi connectivity index (χ2v) is 3.43. The number of halogens is 1. The Morgan fingerprint density at radius 2 is 2.14 bits per heavy atom. The second kappa shape index (κ2) is 1.75. The summed E-state index contributed by atoms with van der Waals surface area (Å²) >= 11 is 3.42. The van der Waals surface area contributed by atoms with Crippen molar-refractivity contribution < 1.29 is 4.74 Å². The standard InChI is InChI=1S/C5H9BrO/c1-3(6)5-4(2)7-5/h3-5H,1-2H3. The van der Waals surface area contributed by atoms with Crippen LogP contribution in [0.5, 0.6) is 0 Å². The maximum atomic E-state index is 5.13. The summed E-state index contributed by atoms with van der Waals surface area (Å²) in [4.78, 5) is 0.530. The minimum absolute atomic E-state index is 0.486. The quantitative estimate of drug-likeness (QED) is 0.424. The Bertz CT molecular complexity index is 72.5. The lowest BCUT2D eigenvalue weighted by Crippen LogP contribution is -2.01. The number of epoxide rings is 1. The van der Waals surface area contributed by atoms with Gasteiger partial charge in [0.15, 0.2) is 0 Å². The zero-order valence-electron chi connectivity index (χ0n) is 4.52. The van der Waals surface area contributed by atoms with Crippen LogP contribution in [-0.2, 0) is 4.74 Å². The first-order valence-corrected chi connectivity index (χ1v) is 3.43. The van der Waals surface area contributed by atoms with E-state index in [4.69, 9.17) is 4.74 Å². The lowest BCUT2D eigenvalue weighted by atomic mass is 10.3. The van der Waals surface area contributed by atoms with Gasteiger partial charge in [-0.2, -0.15) is 0 Å². The lowest BCUT2D eigenvalue weighted by molar-refractivity contribution is 0.379. The van der Waals surface area contributed by atoms with Crippen LogP contribution in [0.4, 0.5) is 0 Å². The van der Waals surface area contributed by atoms with Gasteiger partial charge in [-0.25, -0.2) is 0 Å². The number of alkyl halides is 1. The van der Waals surface area contributed by atoms with Crippen LogP contribution in [0.25, 0.3) is 0 Å². The minimum Gasteiger partial charge on any atom is -0.369 e. The summed E-state index contributed by atoms with van der Waals surface area (Å²) in [6.45, 7) is 4.19. The van der Waals surface area contributed by atoms with Crippen molar-refractivity contribution in [2.24, 2.45) is 0 Å². The van der Waals surface area contributed by atoms with Crippen molar-refractivity contribution >= 4 is 15.9 Å². The van der Waals surface area contributed by atoms with E-state index in [1.807, 2.05) is 0 Å². The van der Waals surface area contributed by atoms with Gasteiger partial charge in [-0.1, -0.05) is 22.9 Å². The summed E-state index contributed by atoms with van der Waals surface area (Å²) in [6, 6.07) is 0. The molecule has 7 heavy (non-hydrogen) atoms. The van der Waals surface area contributed by atoms with Crippen molar-refractivity contribution in [2.75, 3.05) is 0 Å². The van der Waals surface area contributed by atoms with Gasteiger partial charge >= 0.3 is 0 Å².